The van der Waals surface area contributed by atoms with E-state index in [0.29, 0.717) is 17.3 Å². The van der Waals surface area contributed by atoms with Gasteiger partial charge in [-0.3, -0.25) is 0 Å². The summed E-state index contributed by atoms with van der Waals surface area (Å²) in [4.78, 5) is 4.38. The molecule has 130 valence electrons. The van der Waals surface area contributed by atoms with Crippen LogP contribution in [0.4, 0.5) is 23.1 Å². The highest BCUT2D eigenvalue weighted by Crippen LogP contribution is 2.20. The maximum Gasteiger partial charge on any atom is 0.249 e. The van der Waals surface area contributed by atoms with Crippen molar-refractivity contribution in [1.29, 1.82) is 5.26 Å². The second-order valence-electron chi connectivity index (χ2n) is 5.80. The summed E-state index contributed by atoms with van der Waals surface area (Å²) in [5.41, 5.74) is 2.15. The van der Waals surface area contributed by atoms with E-state index >= 15 is 0 Å². The van der Waals surface area contributed by atoms with Crippen LogP contribution in [0.1, 0.15) is 19.4 Å². The van der Waals surface area contributed by atoms with Gasteiger partial charge in [0, 0.05) is 11.4 Å². The van der Waals surface area contributed by atoms with Gasteiger partial charge < -0.3 is 15.4 Å². The molecule has 7 heteroatoms. The third kappa shape index (κ3) is 4.68. The molecule has 0 aliphatic carbocycles. The number of nitrogens with one attached hydrogen (secondary N) is 2. The molecule has 0 aliphatic heterocycles. The Morgan fingerprint density at radius 3 is 2.58 bits per heavy atom. The van der Waals surface area contributed by atoms with E-state index in [2.05, 4.69) is 31.9 Å². The fourth-order valence-corrected chi connectivity index (χ4v) is 2.25. The minimum absolute atomic E-state index is 0.128. The van der Waals surface area contributed by atoms with Crippen molar-refractivity contribution in [2.45, 2.75) is 20.0 Å². The van der Waals surface area contributed by atoms with E-state index in [1.165, 1.54) is 6.20 Å². The van der Waals surface area contributed by atoms with Gasteiger partial charge in [0.1, 0.15) is 5.75 Å². The van der Waals surface area contributed by atoms with Gasteiger partial charge in [0.2, 0.25) is 5.95 Å². The number of benzene rings is 2. The summed E-state index contributed by atoms with van der Waals surface area (Å²) in [6, 6.07) is 16.8. The number of rotatable bonds is 6. The summed E-state index contributed by atoms with van der Waals surface area (Å²) in [7, 11) is 0. The molecule has 0 radical (unpaired) electrons. The maximum absolute atomic E-state index is 8.97. The molecule has 0 spiro atoms. The average Bonchev–Trinajstić information content (AvgIpc) is 2.63. The van der Waals surface area contributed by atoms with Gasteiger partial charge in [-0.1, -0.05) is 6.07 Å². The standard InChI is InChI=1S/C19H18N6O/c1-13(2)26-17-8-6-15(7-9-17)23-19-24-18(12-21-25-19)22-16-5-3-4-14(10-16)11-20/h3-10,12-13H,1-2H3,(H2,22,23,24,25). The van der Waals surface area contributed by atoms with Crippen LogP contribution in [0.3, 0.4) is 0 Å². The third-order valence-corrected chi connectivity index (χ3v) is 3.31. The molecule has 7 nitrogen and oxygen atoms in total. The summed E-state index contributed by atoms with van der Waals surface area (Å²) in [5.74, 6) is 1.69. The number of nitriles is 1. The molecule has 0 amide bonds. The highest BCUT2D eigenvalue weighted by Gasteiger charge is 2.04. The molecule has 1 aromatic heterocycles. The van der Waals surface area contributed by atoms with Gasteiger partial charge >= 0.3 is 0 Å². The summed E-state index contributed by atoms with van der Waals surface area (Å²) < 4.78 is 5.62. The zero-order valence-electron chi connectivity index (χ0n) is 14.5. The van der Waals surface area contributed by atoms with Crippen LogP contribution in [-0.2, 0) is 0 Å². The predicted molar refractivity (Wildman–Crippen MR) is 99.8 cm³/mol. The Morgan fingerprint density at radius 2 is 1.85 bits per heavy atom. The average molecular weight is 346 g/mol. The smallest absolute Gasteiger partial charge is 0.249 e. The van der Waals surface area contributed by atoms with Crippen molar-refractivity contribution < 1.29 is 4.74 Å². The molecule has 0 fully saturated rings. The number of anilines is 4. The van der Waals surface area contributed by atoms with E-state index < -0.39 is 0 Å². The second kappa shape index (κ2) is 7.94. The second-order valence-corrected chi connectivity index (χ2v) is 5.80. The molecule has 0 atom stereocenters. The van der Waals surface area contributed by atoms with Gasteiger partial charge in [-0.25, -0.2) is 0 Å². The Morgan fingerprint density at radius 1 is 1.04 bits per heavy atom. The lowest BCUT2D eigenvalue weighted by Gasteiger charge is -2.11. The summed E-state index contributed by atoms with van der Waals surface area (Å²) >= 11 is 0. The largest absolute Gasteiger partial charge is 0.491 e. The number of hydrogen-bond donors (Lipinski definition) is 2. The highest BCUT2D eigenvalue weighted by molar-refractivity contribution is 5.60. The summed E-state index contributed by atoms with van der Waals surface area (Å²) in [6.45, 7) is 3.97. The molecule has 2 aromatic carbocycles. The SMILES string of the molecule is CC(C)Oc1ccc(Nc2nncc(Nc3cccc(C#N)c3)n2)cc1. The van der Waals surface area contributed by atoms with Crippen LogP contribution in [0.15, 0.2) is 54.7 Å². The zero-order chi connectivity index (χ0) is 18.4. The Kier molecular flexibility index (Phi) is 5.25. The fraction of sp³-hybridized carbons (Fsp3) is 0.158. The van der Waals surface area contributed by atoms with Crippen molar-refractivity contribution in [2.75, 3.05) is 10.6 Å². The highest BCUT2D eigenvalue weighted by atomic mass is 16.5. The van der Waals surface area contributed by atoms with Crippen molar-refractivity contribution >= 4 is 23.1 Å². The van der Waals surface area contributed by atoms with E-state index in [1.54, 1.807) is 18.2 Å². The number of ether oxygens (including phenoxy) is 1. The lowest BCUT2D eigenvalue weighted by molar-refractivity contribution is 0.242. The lowest BCUT2D eigenvalue weighted by atomic mass is 10.2. The van der Waals surface area contributed by atoms with Gasteiger partial charge in [-0.15, -0.1) is 5.10 Å². The molecule has 1 heterocycles. The molecule has 0 saturated heterocycles. The van der Waals surface area contributed by atoms with Crippen LogP contribution in [0, 0.1) is 11.3 Å². The van der Waals surface area contributed by atoms with Gasteiger partial charge in [-0.05, 0) is 56.3 Å². The van der Waals surface area contributed by atoms with Gasteiger partial charge in [-0.2, -0.15) is 15.3 Å². The van der Waals surface area contributed by atoms with Crippen LogP contribution in [0.2, 0.25) is 0 Å². The summed E-state index contributed by atoms with van der Waals surface area (Å²) in [5, 5.41) is 23.1. The first-order valence-corrected chi connectivity index (χ1v) is 8.13. The van der Waals surface area contributed by atoms with E-state index in [-0.39, 0.29) is 6.10 Å². The Balaban J connectivity index is 1.70. The minimum atomic E-state index is 0.128. The van der Waals surface area contributed by atoms with Gasteiger partial charge in [0.05, 0.1) is 23.9 Å². The topological polar surface area (TPSA) is 95.8 Å². The third-order valence-electron chi connectivity index (χ3n) is 3.31. The Labute approximate surface area is 151 Å². The van der Waals surface area contributed by atoms with Crippen molar-refractivity contribution in [3.8, 4) is 11.8 Å². The first-order valence-electron chi connectivity index (χ1n) is 8.13. The molecule has 0 bridgehead atoms. The first kappa shape index (κ1) is 17.2. The zero-order valence-corrected chi connectivity index (χ0v) is 14.5. The van der Waals surface area contributed by atoms with Crippen LogP contribution in [-0.4, -0.2) is 21.3 Å². The number of nitrogens with zero attached hydrogens (tertiary/aromatic N) is 4. The van der Waals surface area contributed by atoms with E-state index in [4.69, 9.17) is 10.00 Å². The monoisotopic (exact) mass is 346 g/mol. The molecular weight excluding hydrogens is 328 g/mol. The van der Waals surface area contributed by atoms with Crippen LogP contribution >= 0.6 is 0 Å². The van der Waals surface area contributed by atoms with Crippen LogP contribution in [0.5, 0.6) is 5.75 Å². The lowest BCUT2D eigenvalue weighted by Crippen LogP contribution is -2.05. The van der Waals surface area contributed by atoms with E-state index in [0.717, 1.165) is 17.1 Å². The van der Waals surface area contributed by atoms with Crippen molar-refractivity contribution in [1.82, 2.24) is 15.2 Å². The molecule has 3 rings (SSSR count). The molecule has 26 heavy (non-hydrogen) atoms. The van der Waals surface area contributed by atoms with Gasteiger partial charge in [0.25, 0.3) is 0 Å². The van der Waals surface area contributed by atoms with E-state index in [9.17, 15) is 0 Å². The quantitative estimate of drug-likeness (QED) is 0.696. The molecule has 0 saturated carbocycles. The van der Waals surface area contributed by atoms with E-state index in [1.807, 2.05) is 44.2 Å². The maximum atomic E-state index is 8.97. The minimum Gasteiger partial charge on any atom is -0.491 e. The first-order chi connectivity index (χ1) is 12.6. The van der Waals surface area contributed by atoms with Gasteiger partial charge in [0.15, 0.2) is 5.82 Å². The molecule has 0 unspecified atom stereocenters. The van der Waals surface area contributed by atoms with Crippen molar-refractivity contribution in [3.05, 3.63) is 60.3 Å². The normalized spacial score (nSPS) is 10.2. The predicted octanol–water partition coefficient (Wildman–Crippen LogP) is 4.02. The Hall–Kier alpha value is -3.66. The van der Waals surface area contributed by atoms with Crippen molar-refractivity contribution in [2.24, 2.45) is 0 Å². The van der Waals surface area contributed by atoms with Crippen LogP contribution in [0.25, 0.3) is 0 Å². The Bertz CT molecular complexity index is 918. The van der Waals surface area contributed by atoms with Crippen molar-refractivity contribution in [3.63, 3.8) is 0 Å². The fourth-order valence-electron chi connectivity index (χ4n) is 2.25. The number of hydrogen-bond acceptors (Lipinski definition) is 7. The molecule has 0 aliphatic rings. The molecule has 3 aromatic rings. The molecule has 2 N–H and O–H groups in total. The summed E-state index contributed by atoms with van der Waals surface area (Å²) in [6.07, 6.45) is 1.65. The van der Waals surface area contributed by atoms with Crippen LogP contribution < -0.4 is 15.4 Å². The molecular formula is C19H18N6O. The number of aromatic nitrogens is 3.